The molecule has 0 aliphatic heterocycles. The number of aromatic nitrogens is 2. The average molecular weight is 291 g/mol. The lowest BCUT2D eigenvalue weighted by Gasteiger charge is -2.21. The molecule has 0 spiro atoms. The molecule has 1 heterocycles. The lowest BCUT2D eigenvalue weighted by atomic mass is 10.1. The van der Waals surface area contributed by atoms with Gasteiger partial charge in [-0.2, -0.15) is 4.98 Å². The molecule has 0 atom stereocenters. The summed E-state index contributed by atoms with van der Waals surface area (Å²) in [6.45, 7) is 8.22. The molecule has 0 saturated carbocycles. The predicted molar refractivity (Wildman–Crippen MR) is 84.9 cm³/mol. The van der Waals surface area contributed by atoms with Crippen molar-refractivity contribution in [3.63, 3.8) is 0 Å². The van der Waals surface area contributed by atoms with E-state index in [-0.39, 0.29) is 5.54 Å². The molecular weight excluding hydrogens is 272 g/mol. The number of benzene rings is 1. The van der Waals surface area contributed by atoms with Gasteiger partial charge in [-0.15, -0.1) is 0 Å². The van der Waals surface area contributed by atoms with E-state index in [4.69, 9.17) is 11.6 Å². The summed E-state index contributed by atoms with van der Waals surface area (Å²) in [5, 5.41) is 7.18. The van der Waals surface area contributed by atoms with Crippen LogP contribution in [0.2, 0.25) is 5.02 Å². The molecule has 0 unspecified atom stereocenters. The molecule has 4 nitrogen and oxygen atoms in total. The summed E-state index contributed by atoms with van der Waals surface area (Å²) in [4.78, 5) is 8.64. The van der Waals surface area contributed by atoms with Gasteiger partial charge < -0.3 is 10.6 Å². The summed E-state index contributed by atoms with van der Waals surface area (Å²) in [5.74, 6) is 1.33. The quantitative estimate of drug-likeness (QED) is 0.880. The smallest absolute Gasteiger partial charge is 0.229 e. The highest BCUT2D eigenvalue weighted by Gasteiger charge is 2.10. The zero-order valence-electron chi connectivity index (χ0n) is 12.2. The maximum absolute atomic E-state index is 6.11. The van der Waals surface area contributed by atoms with E-state index in [1.807, 2.05) is 31.2 Å². The Kier molecular flexibility index (Phi) is 4.14. The second kappa shape index (κ2) is 5.67. The van der Waals surface area contributed by atoms with Crippen LogP contribution >= 0.6 is 11.6 Å². The molecule has 2 aromatic rings. The second-order valence-electron chi connectivity index (χ2n) is 5.73. The zero-order valence-corrected chi connectivity index (χ0v) is 12.9. The van der Waals surface area contributed by atoms with Gasteiger partial charge in [-0.1, -0.05) is 17.7 Å². The Morgan fingerprint density at radius 3 is 2.55 bits per heavy atom. The molecule has 20 heavy (non-hydrogen) atoms. The van der Waals surface area contributed by atoms with Gasteiger partial charge >= 0.3 is 0 Å². The number of anilines is 3. The van der Waals surface area contributed by atoms with Crippen molar-refractivity contribution in [2.45, 2.75) is 33.2 Å². The van der Waals surface area contributed by atoms with Gasteiger partial charge in [-0.3, -0.25) is 0 Å². The molecule has 5 heteroatoms. The number of nitrogens with one attached hydrogen (secondary N) is 2. The molecule has 1 aromatic carbocycles. The van der Waals surface area contributed by atoms with Crippen LogP contribution in [0.15, 0.2) is 30.5 Å². The molecule has 0 saturated heterocycles. The van der Waals surface area contributed by atoms with E-state index in [2.05, 4.69) is 41.4 Å². The standard InChI is InChI=1S/C15H19ClN4/c1-10-5-6-11(9-12(10)16)18-14-17-8-7-13(19-14)20-15(2,3)4/h5-9H,1-4H3,(H2,17,18,19,20). The van der Waals surface area contributed by atoms with E-state index >= 15 is 0 Å². The van der Waals surface area contributed by atoms with Gasteiger partial charge in [0.25, 0.3) is 0 Å². The topological polar surface area (TPSA) is 49.8 Å². The second-order valence-corrected chi connectivity index (χ2v) is 6.14. The van der Waals surface area contributed by atoms with Crippen molar-refractivity contribution in [2.75, 3.05) is 10.6 Å². The lowest BCUT2D eigenvalue weighted by Crippen LogP contribution is -2.26. The summed E-state index contributed by atoms with van der Waals surface area (Å²) < 4.78 is 0. The summed E-state index contributed by atoms with van der Waals surface area (Å²) >= 11 is 6.11. The van der Waals surface area contributed by atoms with Crippen LogP contribution in [0.5, 0.6) is 0 Å². The average Bonchev–Trinajstić information content (AvgIpc) is 2.32. The molecule has 0 aliphatic carbocycles. The predicted octanol–water partition coefficient (Wildman–Crippen LogP) is 4.39. The van der Waals surface area contributed by atoms with Crippen molar-refractivity contribution in [1.29, 1.82) is 0 Å². The Labute approximate surface area is 124 Å². The van der Waals surface area contributed by atoms with E-state index in [0.29, 0.717) is 5.95 Å². The SMILES string of the molecule is Cc1ccc(Nc2nccc(NC(C)(C)C)n2)cc1Cl. The van der Waals surface area contributed by atoms with Crippen molar-refractivity contribution in [3.05, 3.63) is 41.0 Å². The summed E-state index contributed by atoms with van der Waals surface area (Å²) in [7, 11) is 0. The number of aryl methyl sites for hydroxylation is 1. The molecule has 0 aliphatic rings. The zero-order chi connectivity index (χ0) is 14.8. The lowest BCUT2D eigenvalue weighted by molar-refractivity contribution is 0.630. The summed E-state index contributed by atoms with van der Waals surface area (Å²) in [6, 6.07) is 7.62. The molecule has 106 valence electrons. The van der Waals surface area contributed by atoms with E-state index in [1.54, 1.807) is 6.20 Å². The first kappa shape index (κ1) is 14.6. The highest BCUT2D eigenvalue weighted by atomic mass is 35.5. The molecule has 2 N–H and O–H groups in total. The minimum absolute atomic E-state index is 0.0429. The van der Waals surface area contributed by atoms with Gasteiger partial charge in [0.05, 0.1) is 0 Å². The minimum Gasteiger partial charge on any atom is -0.365 e. The van der Waals surface area contributed by atoms with Crippen LogP contribution in [0, 0.1) is 6.92 Å². The first-order chi connectivity index (χ1) is 9.33. The van der Waals surface area contributed by atoms with Crippen molar-refractivity contribution in [1.82, 2.24) is 9.97 Å². The Morgan fingerprint density at radius 1 is 1.15 bits per heavy atom. The third kappa shape index (κ3) is 4.10. The number of hydrogen-bond acceptors (Lipinski definition) is 4. The number of hydrogen-bond donors (Lipinski definition) is 2. The summed E-state index contributed by atoms with van der Waals surface area (Å²) in [6.07, 6.45) is 1.72. The van der Waals surface area contributed by atoms with Crippen LogP contribution in [-0.2, 0) is 0 Å². The fraction of sp³-hybridized carbons (Fsp3) is 0.333. The van der Waals surface area contributed by atoms with E-state index < -0.39 is 0 Å². The van der Waals surface area contributed by atoms with Crippen molar-refractivity contribution in [3.8, 4) is 0 Å². The van der Waals surface area contributed by atoms with Crippen molar-refractivity contribution < 1.29 is 0 Å². The third-order valence-electron chi connectivity index (χ3n) is 2.59. The number of halogens is 1. The van der Waals surface area contributed by atoms with Gasteiger partial charge in [0.1, 0.15) is 5.82 Å². The Morgan fingerprint density at radius 2 is 1.90 bits per heavy atom. The molecule has 0 bridgehead atoms. The van der Waals surface area contributed by atoms with Crippen LogP contribution in [0.25, 0.3) is 0 Å². The Hall–Kier alpha value is -1.81. The van der Waals surface area contributed by atoms with Crippen LogP contribution in [0.1, 0.15) is 26.3 Å². The molecule has 0 radical (unpaired) electrons. The maximum atomic E-state index is 6.11. The van der Waals surface area contributed by atoms with Gasteiger partial charge in [0.15, 0.2) is 0 Å². The normalized spacial score (nSPS) is 11.2. The molecule has 1 aromatic heterocycles. The largest absolute Gasteiger partial charge is 0.365 e. The van der Waals surface area contributed by atoms with Gasteiger partial charge in [-0.25, -0.2) is 4.98 Å². The fourth-order valence-electron chi connectivity index (χ4n) is 1.67. The highest BCUT2D eigenvalue weighted by molar-refractivity contribution is 6.31. The number of rotatable bonds is 3. The van der Waals surface area contributed by atoms with Crippen LogP contribution in [-0.4, -0.2) is 15.5 Å². The van der Waals surface area contributed by atoms with Crippen LogP contribution in [0.3, 0.4) is 0 Å². The first-order valence-electron chi connectivity index (χ1n) is 6.48. The monoisotopic (exact) mass is 290 g/mol. The minimum atomic E-state index is -0.0429. The van der Waals surface area contributed by atoms with Gasteiger partial charge in [0.2, 0.25) is 5.95 Å². The summed E-state index contributed by atoms with van der Waals surface area (Å²) in [5.41, 5.74) is 1.87. The molecule has 2 rings (SSSR count). The van der Waals surface area contributed by atoms with Crippen LogP contribution in [0.4, 0.5) is 17.5 Å². The molecular formula is C15H19ClN4. The molecule has 0 amide bonds. The maximum Gasteiger partial charge on any atom is 0.229 e. The third-order valence-corrected chi connectivity index (χ3v) is 2.99. The van der Waals surface area contributed by atoms with E-state index in [1.165, 1.54) is 0 Å². The molecule has 0 fully saturated rings. The fourth-order valence-corrected chi connectivity index (χ4v) is 1.85. The Balaban J connectivity index is 2.17. The van der Waals surface area contributed by atoms with Gasteiger partial charge in [-0.05, 0) is 51.5 Å². The Bertz CT molecular complexity index is 605. The van der Waals surface area contributed by atoms with Crippen molar-refractivity contribution in [2.24, 2.45) is 0 Å². The number of nitrogens with zero attached hydrogens (tertiary/aromatic N) is 2. The van der Waals surface area contributed by atoms with Crippen molar-refractivity contribution >= 4 is 29.1 Å². The van der Waals surface area contributed by atoms with Crippen LogP contribution < -0.4 is 10.6 Å². The first-order valence-corrected chi connectivity index (χ1v) is 6.86. The van der Waals surface area contributed by atoms with Gasteiger partial charge in [0, 0.05) is 22.4 Å². The highest BCUT2D eigenvalue weighted by Crippen LogP contribution is 2.22. The van der Waals surface area contributed by atoms with E-state index in [0.717, 1.165) is 22.1 Å². The van der Waals surface area contributed by atoms with E-state index in [9.17, 15) is 0 Å².